The fraction of sp³-hybridized carbons (Fsp3) is 0.923. The predicted octanol–water partition coefficient (Wildman–Crippen LogP) is 14.0. The van der Waals surface area contributed by atoms with Crippen LogP contribution in [0.3, 0.4) is 0 Å². The van der Waals surface area contributed by atoms with Crippen molar-refractivity contribution in [1.29, 1.82) is 0 Å². The number of aliphatic hydroxyl groups is 1. The van der Waals surface area contributed by atoms with Gasteiger partial charge in [0.1, 0.15) is 13.2 Å². The second kappa shape index (κ2) is 48.7. The van der Waals surface area contributed by atoms with Crippen LogP contribution in [-0.4, -0.2) is 96.9 Å². The number of amides is 2. The number of hydrogen-bond donors (Lipinski definition) is 3. The lowest BCUT2D eigenvalue weighted by atomic mass is 10.0. The van der Waals surface area contributed by atoms with E-state index >= 15 is 0 Å². The molecule has 13 heteroatoms. The van der Waals surface area contributed by atoms with Gasteiger partial charge in [-0.15, -0.1) is 0 Å². The second-order valence-electron chi connectivity index (χ2n) is 18.5. The molecule has 0 aromatic heterocycles. The van der Waals surface area contributed by atoms with Crippen molar-refractivity contribution in [1.82, 2.24) is 10.6 Å². The third-order valence-corrected chi connectivity index (χ3v) is 13.6. The molecule has 0 aliphatic rings. The van der Waals surface area contributed by atoms with Crippen LogP contribution in [0.1, 0.15) is 240 Å². The van der Waals surface area contributed by atoms with Gasteiger partial charge in [0, 0.05) is 48.8 Å². The van der Waals surface area contributed by atoms with Crippen LogP contribution in [0.25, 0.3) is 0 Å². The fourth-order valence-corrected chi connectivity index (χ4v) is 9.06. The van der Waals surface area contributed by atoms with Crippen molar-refractivity contribution in [3.8, 4) is 0 Å². The zero-order chi connectivity index (χ0) is 47.7. The summed E-state index contributed by atoms with van der Waals surface area (Å²) in [6.07, 6.45) is 37.3. The molecule has 65 heavy (non-hydrogen) atoms. The molecule has 0 saturated heterocycles. The summed E-state index contributed by atoms with van der Waals surface area (Å²) in [5.74, 6) is 0.690. The quantitative estimate of drug-likeness (QED) is 0.0304. The minimum Gasteiger partial charge on any atom is -0.462 e. The van der Waals surface area contributed by atoms with Crippen LogP contribution >= 0.6 is 23.5 Å². The largest absolute Gasteiger partial charge is 0.462 e. The first kappa shape index (κ1) is 63.3. The molecule has 0 aromatic carbocycles. The Morgan fingerprint density at radius 1 is 0.523 bits per heavy atom. The zero-order valence-electron chi connectivity index (χ0n) is 42.3. The fourth-order valence-electron chi connectivity index (χ4n) is 7.50. The van der Waals surface area contributed by atoms with Crippen LogP contribution in [0.2, 0.25) is 0 Å². The highest BCUT2D eigenvalue weighted by molar-refractivity contribution is 8.14. The minimum absolute atomic E-state index is 0.0419. The van der Waals surface area contributed by atoms with Gasteiger partial charge in [-0.05, 0) is 19.3 Å². The van der Waals surface area contributed by atoms with E-state index in [0.29, 0.717) is 44.9 Å². The molecule has 0 radical (unpaired) electrons. The molecule has 0 heterocycles. The van der Waals surface area contributed by atoms with Crippen molar-refractivity contribution in [3.05, 3.63) is 0 Å². The van der Waals surface area contributed by atoms with Crippen LogP contribution in [0.5, 0.6) is 0 Å². The number of hydrogen-bond acceptors (Lipinski definition) is 11. The monoisotopic (exact) mass is 961 g/mol. The molecule has 0 saturated carbocycles. The first-order chi connectivity index (χ1) is 31.6. The molecule has 1 atom stereocenters. The highest BCUT2D eigenvalue weighted by Crippen LogP contribution is 2.28. The Labute approximate surface area is 407 Å². The molecular formula is C52H100N2O9S2. The van der Waals surface area contributed by atoms with Crippen LogP contribution in [0.4, 0.5) is 9.59 Å². The maximum absolute atomic E-state index is 12.8. The Kier molecular flexibility index (Phi) is 47.5. The molecule has 2 amide bonds. The van der Waals surface area contributed by atoms with E-state index in [1.54, 1.807) is 11.8 Å². The number of aliphatic hydroxyl groups excluding tert-OH is 1. The lowest BCUT2D eigenvalue weighted by Crippen LogP contribution is -2.34. The normalized spacial score (nSPS) is 12.0. The zero-order valence-corrected chi connectivity index (χ0v) is 43.9. The van der Waals surface area contributed by atoms with E-state index in [4.69, 9.17) is 24.1 Å². The summed E-state index contributed by atoms with van der Waals surface area (Å²) in [6.45, 7) is 9.79. The summed E-state index contributed by atoms with van der Waals surface area (Å²) >= 11 is 2.80. The van der Waals surface area contributed by atoms with Gasteiger partial charge < -0.3 is 34.7 Å². The molecule has 0 spiro atoms. The van der Waals surface area contributed by atoms with E-state index in [2.05, 4.69) is 24.5 Å². The first-order valence-electron chi connectivity index (χ1n) is 26.6. The van der Waals surface area contributed by atoms with E-state index in [9.17, 15) is 19.2 Å². The van der Waals surface area contributed by atoms with Gasteiger partial charge in [0.25, 0.3) is 5.24 Å². The number of esters is 2. The maximum Gasteiger partial charge on any atom is 0.407 e. The third-order valence-electron chi connectivity index (χ3n) is 11.6. The third kappa shape index (κ3) is 48.6. The van der Waals surface area contributed by atoms with E-state index in [-0.39, 0.29) is 48.2 Å². The topological polar surface area (TPSA) is 149 Å². The highest BCUT2D eigenvalue weighted by Gasteiger charge is 2.22. The van der Waals surface area contributed by atoms with Crippen LogP contribution in [0.15, 0.2) is 0 Å². The minimum atomic E-state index is -0.864. The van der Waals surface area contributed by atoms with Crippen molar-refractivity contribution in [2.75, 3.05) is 57.6 Å². The average molecular weight is 962 g/mol. The molecule has 0 aromatic rings. The molecule has 0 fully saturated rings. The molecule has 0 rings (SSSR count). The van der Waals surface area contributed by atoms with Crippen LogP contribution < -0.4 is 10.6 Å². The standard InChI is InChI=1S/C52H100N2O9S2/c1-5-7-9-11-13-15-17-19-21-23-25-27-29-31-33-35-48(56)61-45-47(63-49(57)36-34-32-30-28-26-24-22-20-18-16-14-12-10-8-6-2)46-62-50(58)53-39-43-64-44-42-60-41-38-54-51(59)65-52(3,4)37-40-55/h47,55H,5-46H2,1-4H3,(H,53,58)(H,54,59). The number of thioether (sulfide) groups is 2. The van der Waals surface area contributed by atoms with Gasteiger partial charge in [0.15, 0.2) is 6.10 Å². The smallest absolute Gasteiger partial charge is 0.407 e. The first-order valence-corrected chi connectivity index (χ1v) is 28.6. The van der Waals surface area contributed by atoms with Gasteiger partial charge >= 0.3 is 18.0 Å². The maximum atomic E-state index is 12.8. The highest BCUT2D eigenvalue weighted by atomic mass is 32.2. The van der Waals surface area contributed by atoms with Gasteiger partial charge in [-0.25, -0.2) is 4.79 Å². The van der Waals surface area contributed by atoms with Gasteiger partial charge in [0.2, 0.25) is 0 Å². The van der Waals surface area contributed by atoms with Crippen molar-refractivity contribution >= 4 is 46.8 Å². The number of carbonyl (C=O) groups excluding carboxylic acids is 4. The number of alkyl carbamates (subject to hydrolysis) is 1. The van der Waals surface area contributed by atoms with Crippen molar-refractivity contribution in [3.63, 3.8) is 0 Å². The Hall–Kier alpha value is -1.70. The van der Waals surface area contributed by atoms with Crippen molar-refractivity contribution < 1.29 is 43.2 Å². The van der Waals surface area contributed by atoms with E-state index in [0.717, 1.165) is 44.3 Å². The summed E-state index contributed by atoms with van der Waals surface area (Å²) in [4.78, 5) is 50.0. The molecule has 384 valence electrons. The van der Waals surface area contributed by atoms with Gasteiger partial charge in [0.05, 0.1) is 13.2 Å². The van der Waals surface area contributed by atoms with Gasteiger partial charge in [-0.1, -0.05) is 219 Å². The van der Waals surface area contributed by atoms with E-state index in [1.807, 2.05) is 13.8 Å². The molecule has 3 N–H and O–H groups in total. The lowest BCUT2D eigenvalue weighted by Gasteiger charge is -2.21. The number of ether oxygens (including phenoxy) is 4. The predicted molar refractivity (Wildman–Crippen MR) is 274 cm³/mol. The number of rotatable bonds is 49. The lowest BCUT2D eigenvalue weighted by molar-refractivity contribution is -0.161. The Morgan fingerprint density at radius 2 is 0.954 bits per heavy atom. The molecule has 1 unspecified atom stereocenters. The molecule has 11 nitrogen and oxygen atoms in total. The van der Waals surface area contributed by atoms with Crippen molar-refractivity contribution in [2.24, 2.45) is 0 Å². The van der Waals surface area contributed by atoms with E-state index < -0.39 is 12.2 Å². The van der Waals surface area contributed by atoms with Crippen LogP contribution in [-0.2, 0) is 28.5 Å². The van der Waals surface area contributed by atoms with Gasteiger partial charge in [-0.2, -0.15) is 11.8 Å². The number of unbranched alkanes of at least 4 members (excludes halogenated alkanes) is 28. The summed E-state index contributed by atoms with van der Waals surface area (Å²) < 4.78 is 21.8. The Bertz CT molecular complexity index is 1100. The molecular weight excluding hydrogens is 861 g/mol. The second-order valence-corrected chi connectivity index (χ2v) is 21.4. The summed E-state index contributed by atoms with van der Waals surface area (Å²) in [5, 5.41) is 14.5. The molecule has 0 bridgehead atoms. The summed E-state index contributed by atoms with van der Waals surface area (Å²) in [7, 11) is 0. The van der Waals surface area contributed by atoms with Crippen LogP contribution in [0, 0.1) is 0 Å². The summed E-state index contributed by atoms with van der Waals surface area (Å²) in [5.41, 5.74) is 0. The summed E-state index contributed by atoms with van der Waals surface area (Å²) in [6, 6.07) is 0. The average Bonchev–Trinajstić information content (AvgIpc) is 3.27. The number of nitrogens with one attached hydrogen (secondary N) is 2. The van der Waals surface area contributed by atoms with Crippen molar-refractivity contribution in [2.45, 2.75) is 250 Å². The SMILES string of the molecule is CCCCCCCCCCCCCCCCCC(=O)OCC(COC(=O)NCCSCCOCCNC(=O)SC(C)(C)CCO)OC(=O)CCCCCCCCCCCCCCCCC. The van der Waals surface area contributed by atoms with Gasteiger partial charge in [-0.3, -0.25) is 14.4 Å². The Morgan fingerprint density at radius 3 is 1.42 bits per heavy atom. The number of carbonyl (C=O) groups is 4. The Balaban J connectivity index is 4.38. The van der Waals surface area contributed by atoms with E-state index in [1.165, 1.54) is 166 Å². The molecule has 0 aliphatic heterocycles. The molecule has 0 aliphatic carbocycles.